The maximum absolute atomic E-state index is 13.6. The van der Waals surface area contributed by atoms with Crippen molar-refractivity contribution in [1.82, 2.24) is 0 Å². The SMILES string of the molecule is CCOP(=O)(CC(=O)O[C@@H](C[C@H](O[Si](C(C)C)(C(C)C)C(C)C)/C(C)=C/C=C/[C@@H](C)[C@H]1C[C@@H](CCO)CC(=O)O1)[C@H](C)[C@@H](OC)/C(C)=C/I)OCC. The maximum Gasteiger partial charge on any atom is 0.341 e. The molecule has 0 aromatic heterocycles. The van der Waals surface area contributed by atoms with E-state index in [1.165, 1.54) is 0 Å². The zero-order chi connectivity index (χ0) is 39.8. The number of esters is 2. The standard InChI is InChI=1S/C39H70IO10PSi/c1-14-46-51(44,47-15-2)25-38(43)49-36(32(12)39(45-13)31(11)24-40)23-35(50-52(26(3)4,27(5)6)28(7)8)30(10)18-16-17-29(9)34-21-33(19-20-41)22-37(42)48-34/h16-18,24,26-29,32-36,39,41H,14-15,19-23,25H2,1-13H3/b17-16+,30-18+,31-24+/t29-,32+,33-,34-,35+,36+,39+/m1/s1. The molecule has 1 aliphatic rings. The van der Waals surface area contributed by atoms with E-state index in [4.69, 9.17) is 27.7 Å². The number of carbonyl (C=O) groups excluding carboxylic acids is 2. The van der Waals surface area contributed by atoms with Crippen LogP contribution in [0.1, 0.15) is 109 Å². The quantitative estimate of drug-likeness (QED) is 0.0329. The molecule has 0 unspecified atom stereocenters. The van der Waals surface area contributed by atoms with Gasteiger partial charge >= 0.3 is 19.5 Å². The van der Waals surface area contributed by atoms with Crippen LogP contribution in [0.15, 0.2) is 33.5 Å². The molecule has 0 aliphatic carbocycles. The summed E-state index contributed by atoms with van der Waals surface area (Å²) in [5.74, 6) is -1.08. The smallest absolute Gasteiger partial charge is 0.341 e. The van der Waals surface area contributed by atoms with E-state index in [1.807, 2.05) is 50.0 Å². The predicted molar refractivity (Wildman–Crippen MR) is 220 cm³/mol. The van der Waals surface area contributed by atoms with Crippen LogP contribution in [-0.2, 0) is 41.8 Å². The van der Waals surface area contributed by atoms with Crippen LogP contribution in [0, 0.1) is 17.8 Å². The average Bonchev–Trinajstić information content (AvgIpc) is 3.05. The molecule has 7 atom stereocenters. The van der Waals surface area contributed by atoms with Gasteiger partial charge in [0.05, 0.1) is 25.4 Å². The molecule has 52 heavy (non-hydrogen) atoms. The predicted octanol–water partition coefficient (Wildman–Crippen LogP) is 9.95. The average molecular weight is 885 g/mol. The van der Waals surface area contributed by atoms with Crippen molar-refractivity contribution in [3.05, 3.63) is 33.5 Å². The molecular formula is C39H70IO10PSi. The topological polar surface area (TPSA) is 127 Å². The first-order valence-corrected chi connectivity index (χ1v) is 24.2. The van der Waals surface area contributed by atoms with Crippen molar-refractivity contribution >= 4 is 50.4 Å². The second kappa shape index (κ2) is 23.9. The van der Waals surface area contributed by atoms with E-state index in [0.717, 1.165) is 11.1 Å². The molecule has 1 fully saturated rings. The van der Waals surface area contributed by atoms with Crippen LogP contribution in [0.2, 0.25) is 16.6 Å². The lowest BCUT2D eigenvalue weighted by Crippen LogP contribution is -2.51. The summed E-state index contributed by atoms with van der Waals surface area (Å²) in [6.07, 6.45) is 5.91. The summed E-state index contributed by atoms with van der Waals surface area (Å²) in [6.45, 7) is 25.3. The fourth-order valence-corrected chi connectivity index (χ4v) is 15.2. The van der Waals surface area contributed by atoms with Gasteiger partial charge in [-0.15, -0.1) is 0 Å². The third-order valence-electron chi connectivity index (χ3n) is 10.4. The summed E-state index contributed by atoms with van der Waals surface area (Å²) in [6, 6.07) is 0. The number of allylic oxidation sites excluding steroid dienone is 2. The number of aliphatic hydroxyl groups is 1. The Hall–Kier alpha value is -0.863. The Morgan fingerprint density at radius 3 is 2.08 bits per heavy atom. The van der Waals surface area contributed by atoms with Crippen LogP contribution >= 0.6 is 30.2 Å². The molecule has 1 aliphatic heterocycles. The maximum atomic E-state index is 13.6. The van der Waals surface area contributed by atoms with Crippen molar-refractivity contribution in [2.45, 2.75) is 150 Å². The molecule has 0 radical (unpaired) electrons. The van der Waals surface area contributed by atoms with Gasteiger partial charge in [-0.05, 0) is 78.3 Å². The van der Waals surface area contributed by atoms with Gasteiger partial charge in [-0.2, -0.15) is 0 Å². The number of rotatable bonds is 24. The first-order valence-electron chi connectivity index (χ1n) is 19.1. The van der Waals surface area contributed by atoms with E-state index in [1.54, 1.807) is 21.0 Å². The Labute approximate surface area is 330 Å². The van der Waals surface area contributed by atoms with E-state index >= 15 is 0 Å². The molecule has 1 heterocycles. The van der Waals surface area contributed by atoms with Crippen LogP contribution in [-0.4, -0.2) is 82.9 Å². The van der Waals surface area contributed by atoms with Gasteiger partial charge in [0.25, 0.3) is 0 Å². The summed E-state index contributed by atoms with van der Waals surface area (Å²) in [7, 11) is -4.49. The Kier molecular flexibility index (Phi) is 22.6. The van der Waals surface area contributed by atoms with Gasteiger partial charge < -0.3 is 32.8 Å². The van der Waals surface area contributed by atoms with Gasteiger partial charge in [-0.25, -0.2) is 0 Å². The number of halogens is 1. The zero-order valence-electron chi connectivity index (χ0n) is 34.2. The van der Waals surface area contributed by atoms with E-state index in [0.29, 0.717) is 42.3 Å². The molecule has 302 valence electrons. The molecule has 0 spiro atoms. The van der Waals surface area contributed by atoms with Crippen LogP contribution in [0.4, 0.5) is 0 Å². The molecule has 0 amide bonds. The lowest BCUT2D eigenvalue weighted by molar-refractivity contribution is -0.159. The highest BCUT2D eigenvalue weighted by atomic mass is 127. The van der Waals surface area contributed by atoms with Crippen molar-refractivity contribution in [3.63, 3.8) is 0 Å². The molecule has 0 bridgehead atoms. The van der Waals surface area contributed by atoms with Crippen LogP contribution in [0.3, 0.4) is 0 Å². The van der Waals surface area contributed by atoms with Gasteiger partial charge in [0.2, 0.25) is 8.32 Å². The Balaban J connectivity index is 3.70. The van der Waals surface area contributed by atoms with Crippen LogP contribution < -0.4 is 0 Å². The lowest BCUT2D eigenvalue weighted by Gasteiger charge is -2.45. The highest BCUT2D eigenvalue weighted by Crippen LogP contribution is 2.48. The molecule has 0 aromatic rings. The van der Waals surface area contributed by atoms with Crippen molar-refractivity contribution < 1.29 is 46.9 Å². The second-order valence-corrected chi connectivity index (χ2v) is 23.2. The first-order chi connectivity index (χ1) is 24.4. The minimum Gasteiger partial charge on any atom is -0.462 e. The van der Waals surface area contributed by atoms with Crippen LogP contribution in [0.25, 0.3) is 0 Å². The Bertz CT molecular complexity index is 1200. The van der Waals surface area contributed by atoms with E-state index < -0.39 is 40.3 Å². The molecule has 1 rings (SSSR count). The third kappa shape index (κ3) is 14.7. The summed E-state index contributed by atoms with van der Waals surface area (Å²) < 4.78 is 51.6. The molecule has 13 heteroatoms. The highest BCUT2D eigenvalue weighted by Gasteiger charge is 2.48. The van der Waals surface area contributed by atoms with Gasteiger partial charge in [0.1, 0.15) is 18.4 Å². The largest absolute Gasteiger partial charge is 0.462 e. The molecule has 1 N–H and O–H groups in total. The number of cyclic esters (lactones) is 1. The van der Waals surface area contributed by atoms with E-state index in [9.17, 15) is 19.3 Å². The number of methoxy groups -OCH3 is 1. The summed E-state index contributed by atoms with van der Waals surface area (Å²) >= 11 is 2.19. The number of hydrogen-bond donors (Lipinski definition) is 1. The van der Waals surface area contributed by atoms with Crippen molar-refractivity contribution in [1.29, 1.82) is 0 Å². The number of aliphatic hydroxyl groups excluding tert-OH is 1. The van der Waals surface area contributed by atoms with Gasteiger partial charge in [-0.3, -0.25) is 14.2 Å². The fourth-order valence-electron chi connectivity index (χ4n) is 7.77. The minimum absolute atomic E-state index is 0.0325. The lowest BCUT2D eigenvalue weighted by atomic mass is 9.87. The van der Waals surface area contributed by atoms with Gasteiger partial charge in [0.15, 0.2) is 0 Å². The third-order valence-corrected chi connectivity index (χ3v) is 19.4. The molecule has 0 aromatic carbocycles. The van der Waals surface area contributed by atoms with Crippen molar-refractivity contribution in [3.8, 4) is 0 Å². The van der Waals surface area contributed by atoms with Crippen molar-refractivity contribution in [2.24, 2.45) is 17.8 Å². The number of carbonyl (C=O) groups is 2. The normalized spacial score (nSPS) is 21.1. The molecular weight excluding hydrogens is 814 g/mol. The summed E-state index contributed by atoms with van der Waals surface area (Å²) in [5, 5.41) is 9.45. The van der Waals surface area contributed by atoms with Crippen LogP contribution in [0.5, 0.6) is 0 Å². The van der Waals surface area contributed by atoms with Gasteiger partial charge in [0, 0.05) is 38.4 Å². The molecule has 10 nitrogen and oxygen atoms in total. The Morgan fingerprint density at radius 1 is 1.02 bits per heavy atom. The van der Waals surface area contributed by atoms with Crippen molar-refractivity contribution in [2.75, 3.05) is 33.1 Å². The fraction of sp³-hybridized carbons (Fsp3) is 0.795. The highest BCUT2D eigenvalue weighted by molar-refractivity contribution is 14.1. The monoisotopic (exact) mass is 884 g/mol. The number of ether oxygens (including phenoxy) is 3. The zero-order valence-corrected chi connectivity index (χ0v) is 38.2. The van der Waals surface area contributed by atoms with E-state index in [2.05, 4.69) is 64.1 Å². The molecule has 0 saturated carbocycles. The van der Waals surface area contributed by atoms with Gasteiger partial charge in [-0.1, -0.05) is 96.2 Å². The summed E-state index contributed by atoms with van der Waals surface area (Å²) in [4.78, 5) is 25.9. The Morgan fingerprint density at radius 2 is 1.60 bits per heavy atom. The van der Waals surface area contributed by atoms with E-state index in [-0.39, 0.29) is 55.8 Å². The summed E-state index contributed by atoms with van der Waals surface area (Å²) in [5.41, 5.74) is 2.89. The second-order valence-electron chi connectivity index (χ2n) is 15.2. The first kappa shape index (κ1) is 49.2. The number of hydrogen-bond acceptors (Lipinski definition) is 10. The minimum atomic E-state index is -3.70. The molecule has 1 saturated heterocycles.